The average molecular weight is 553 g/mol. The van der Waals surface area contributed by atoms with Gasteiger partial charge in [0.15, 0.2) is 11.5 Å². The zero-order valence-electron chi connectivity index (χ0n) is 18.3. The molecule has 0 atom stereocenters. The number of ether oxygens (including phenoxy) is 3. The molecule has 0 saturated carbocycles. The van der Waals surface area contributed by atoms with Crippen LogP contribution in [-0.2, 0) is 17.9 Å². The molecule has 1 N–H and O–H groups in total. The van der Waals surface area contributed by atoms with Gasteiger partial charge in [-0.2, -0.15) is 0 Å². The van der Waals surface area contributed by atoms with Crippen LogP contribution in [0.3, 0.4) is 0 Å². The molecule has 0 bridgehead atoms. The molecule has 0 aromatic heterocycles. The molecule has 8 heteroatoms. The Morgan fingerprint density at radius 3 is 2.30 bits per heavy atom. The van der Waals surface area contributed by atoms with Crippen molar-refractivity contribution in [2.24, 2.45) is 0 Å². The third-order valence-electron chi connectivity index (χ3n) is 4.67. The summed E-state index contributed by atoms with van der Waals surface area (Å²) in [4.78, 5) is 11.8. The molecule has 0 spiro atoms. The highest BCUT2D eigenvalue weighted by molar-refractivity contribution is 9.10. The first-order valence-electron chi connectivity index (χ1n) is 10.4. The maximum Gasteiger partial charge on any atom is 0.338 e. The predicted octanol–water partition coefficient (Wildman–Crippen LogP) is 7.52. The van der Waals surface area contributed by atoms with Crippen LogP contribution in [0.5, 0.6) is 11.5 Å². The number of rotatable bonds is 10. The van der Waals surface area contributed by atoms with E-state index in [2.05, 4.69) is 21.2 Å². The van der Waals surface area contributed by atoms with Crippen molar-refractivity contribution in [3.8, 4) is 11.5 Å². The summed E-state index contributed by atoms with van der Waals surface area (Å²) in [5.74, 6) is 0.942. The number of carbonyl (C=O) groups is 1. The summed E-state index contributed by atoms with van der Waals surface area (Å²) in [6.07, 6.45) is 0. The van der Waals surface area contributed by atoms with E-state index in [9.17, 15) is 4.79 Å². The fourth-order valence-electron chi connectivity index (χ4n) is 3.02. The van der Waals surface area contributed by atoms with Gasteiger partial charge >= 0.3 is 5.97 Å². The topological polar surface area (TPSA) is 56.8 Å². The van der Waals surface area contributed by atoms with Gasteiger partial charge in [-0.05, 0) is 73.5 Å². The van der Waals surface area contributed by atoms with Gasteiger partial charge in [-0.1, -0.05) is 45.2 Å². The Balaban J connectivity index is 1.69. The number of anilines is 1. The summed E-state index contributed by atoms with van der Waals surface area (Å²) in [7, 11) is 0. The van der Waals surface area contributed by atoms with Crippen molar-refractivity contribution < 1.29 is 19.0 Å². The highest BCUT2D eigenvalue weighted by atomic mass is 79.9. The molecule has 0 aliphatic rings. The van der Waals surface area contributed by atoms with Crippen LogP contribution in [-0.4, -0.2) is 19.2 Å². The van der Waals surface area contributed by atoms with Crippen LogP contribution >= 0.6 is 39.1 Å². The number of hydrogen-bond acceptors (Lipinski definition) is 5. The summed E-state index contributed by atoms with van der Waals surface area (Å²) in [6, 6.07) is 16.4. The molecule has 3 aromatic rings. The van der Waals surface area contributed by atoms with Gasteiger partial charge in [0, 0.05) is 16.7 Å². The van der Waals surface area contributed by atoms with Crippen molar-refractivity contribution in [1.29, 1.82) is 0 Å². The molecule has 0 aliphatic carbocycles. The lowest BCUT2D eigenvalue weighted by Gasteiger charge is -2.16. The van der Waals surface area contributed by atoms with Crippen LogP contribution in [0.4, 0.5) is 5.69 Å². The molecule has 3 aromatic carbocycles. The van der Waals surface area contributed by atoms with Crippen LogP contribution in [0.1, 0.15) is 35.3 Å². The van der Waals surface area contributed by atoms with Crippen molar-refractivity contribution in [1.82, 2.24) is 0 Å². The fourth-order valence-corrected chi connectivity index (χ4v) is 3.80. The van der Waals surface area contributed by atoms with E-state index in [1.165, 1.54) is 0 Å². The second kappa shape index (κ2) is 12.2. The Morgan fingerprint density at radius 1 is 0.909 bits per heavy atom. The van der Waals surface area contributed by atoms with Crippen LogP contribution in [0, 0.1) is 0 Å². The Morgan fingerprint density at radius 2 is 1.64 bits per heavy atom. The molecule has 0 radical (unpaired) electrons. The van der Waals surface area contributed by atoms with Crippen molar-refractivity contribution in [3.05, 3.63) is 85.8 Å². The SMILES string of the molecule is CCOC(=O)c1ccc(NCc2cc(OCC)c(OCc3ccc(Cl)c(Cl)c3)cc2Br)cc1. The summed E-state index contributed by atoms with van der Waals surface area (Å²) < 4.78 is 17.7. The number of hydrogen-bond donors (Lipinski definition) is 1. The first-order valence-corrected chi connectivity index (χ1v) is 12.0. The number of esters is 1. The normalized spacial score (nSPS) is 10.6. The Labute approximate surface area is 212 Å². The average Bonchev–Trinajstić information content (AvgIpc) is 2.81. The molecular formula is C25H24BrCl2NO4. The van der Waals surface area contributed by atoms with Crippen LogP contribution in [0.25, 0.3) is 0 Å². The highest BCUT2D eigenvalue weighted by Gasteiger charge is 2.12. The minimum Gasteiger partial charge on any atom is -0.490 e. The molecule has 174 valence electrons. The lowest BCUT2D eigenvalue weighted by Crippen LogP contribution is -2.06. The second-order valence-corrected chi connectivity index (χ2v) is 8.68. The first kappa shape index (κ1) is 25.2. The molecule has 5 nitrogen and oxygen atoms in total. The van der Waals surface area contributed by atoms with Gasteiger partial charge in [0.1, 0.15) is 6.61 Å². The second-order valence-electron chi connectivity index (χ2n) is 7.01. The van der Waals surface area contributed by atoms with Gasteiger partial charge in [-0.15, -0.1) is 0 Å². The Bertz CT molecular complexity index is 1110. The maximum atomic E-state index is 11.8. The molecule has 0 saturated heterocycles. The van der Waals surface area contributed by atoms with Gasteiger partial charge in [-0.3, -0.25) is 0 Å². The van der Waals surface area contributed by atoms with Crippen LogP contribution < -0.4 is 14.8 Å². The number of carbonyl (C=O) groups excluding carboxylic acids is 1. The molecule has 33 heavy (non-hydrogen) atoms. The third-order valence-corrected chi connectivity index (χ3v) is 6.15. The number of nitrogens with one attached hydrogen (secondary N) is 1. The Hall–Kier alpha value is -2.41. The largest absolute Gasteiger partial charge is 0.490 e. The van der Waals surface area contributed by atoms with Gasteiger partial charge in [0.2, 0.25) is 0 Å². The molecular weight excluding hydrogens is 529 g/mol. The van der Waals surface area contributed by atoms with Gasteiger partial charge in [-0.25, -0.2) is 4.79 Å². The lowest BCUT2D eigenvalue weighted by molar-refractivity contribution is 0.0526. The smallest absolute Gasteiger partial charge is 0.338 e. The van der Waals surface area contributed by atoms with Gasteiger partial charge in [0.05, 0.1) is 28.8 Å². The third kappa shape index (κ3) is 7.03. The molecule has 0 amide bonds. The standard InChI is InChI=1S/C25H24BrCl2NO4/c1-3-31-23-12-18(14-29-19-8-6-17(7-9-19)25(30)32-4-2)20(26)13-24(23)33-15-16-5-10-21(27)22(28)11-16/h5-13,29H,3-4,14-15H2,1-2H3. The molecule has 0 aliphatic heterocycles. The quantitative estimate of drug-likeness (QED) is 0.263. The summed E-state index contributed by atoms with van der Waals surface area (Å²) in [6.45, 7) is 5.44. The zero-order valence-corrected chi connectivity index (χ0v) is 21.4. The van der Waals surface area contributed by atoms with E-state index in [1.54, 1.807) is 31.2 Å². The van der Waals surface area contributed by atoms with E-state index in [0.29, 0.717) is 53.5 Å². The van der Waals surface area contributed by atoms with Gasteiger partial charge in [0.25, 0.3) is 0 Å². The summed E-state index contributed by atoms with van der Waals surface area (Å²) in [5.41, 5.74) is 3.30. The minimum absolute atomic E-state index is 0.327. The highest BCUT2D eigenvalue weighted by Crippen LogP contribution is 2.35. The molecule has 3 rings (SSSR count). The first-order chi connectivity index (χ1) is 15.9. The van der Waals surface area contributed by atoms with E-state index < -0.39 is 0 Å². The van der Waals surface area contributed by atoms with Crippen LogP contribution in [0.2, 0.25) is 10.0 Å². The van der Waals surface area contributed by atoms with E-state index >= 15 is 0 Å². The molecule has 0 fully saturated rings. The van der Waals surface area contributed by atoms with Gasteiger partial charge < -0.3 is 19.5 Å². The number of halogens is 3. The summed E-state index contributed by atoms with van der Waals surface area (Å²) >= 11 is 15.7. The predicted molar refractivity (Wildman–Crippen MR) is 136 cm³/mol. The molecule has 0 unspecified atom stereocenters. The maximum absolute atomic E-state index is 11.8. The fraction of sp³-hybridized carbons (Fsp3) is 0.240. The lowest BCUT2D eigenvalue weighted by atomic mass is 10.1. The van der Waals surface area contributed by atoms with Crippen molar-refractivity contribution in [2.45, 2.75) is 27.0 Å². The molecule has 0 heterocycles. The monoisotopic (exact) mass is 551 g/mol. The van der Waals surface area contributed by atoms with Crippen molar-refractivity contribution in [3.63, 3.8) is 0 Å². The van der Waals surface area contributed by atoms with Crippen molar-refractivity contribution >= 4 is 50.8 Å². The van der Waals surface area contributed by atoms with E-state index in [1.807, 2.05) is 37.3 Å². The van der Waals surface area contributed by atoms with E-state index in [4.69, 9.17) is 37.4 Å². The minimum atomic E-state index is -0.329. The Kier molecular flexibility index (Phi) is 9.30. The summed E-state index contributed by atoms with van der Waals surface area (Å²) in [5, 5.41) is 4.34. The van der Waals surface area contributed by atoms with Crippen molar-refractivity contribution in [2.75, 3.05) is 18.5 Å². The van der Waals surface area contributed by atoms with E-state index in [0.717, 1.165) is 21.3 Å². The van der Waals surface area contributed by atoms with Crippen LogP contribution in [0.15, 0.2) is 59.1 Å². The van der Waals surface area contributed by atoms with E-state index in [-0.39, 0.29) is 5.97 Å². The number of benzene rings is 3. The zero-order chi connectivity index (χ0) is 23.8.